The molecule has 2 heteroatoms. The van der Waals surface area contributed by atoms with Crippen molar-refractivity contribution in [1.29, 1.82) is 0 Å². The lowest BCUT2D eigenvalue weighted by molar-refractivity contribution is 0.111. The molecule has 28 heavy (non-hydrogen) atoms. The van der Waals surface area contributed by atoms with E-state index in [0.29, 0.717) is 0 Å². The zero-order valence-corrected chi connectivity index (χ0v) is 18.5. The van der Waals surface area contributed by atoms with Gasteiger partial charge < -0.3 is 4.98 Å². The van der Waals surface area contributed by atoms with Gasteiger partial charge in [-0.05, 0) is 50.2 Å². The minimum absolute atomic E-state index is 0.761. The van der Waals surface area contributed by atoms with Crippen LogP contribution in [0.5, 0.6) is 0 Å². The van der Waals surface area contributed by atoms with Crippen LogP contribution >= 0.6 is 0 Å². The van der Waals surface area contributed by atoms with E-state index in [1.807, 2.05) is 12.3 Å². The van der Waals surface area contributed by atoms with Gasteiger partial charge >= 0.3 is 0 Å². The summed E-state index contributed by atoms with van der Waals surface area (Å²) in [5.41, 5.74) is 1.94. The average Bonchev–Trinajstić information content (AvgIpc) is 3.17. The van der Waals surface area contributed by atoms with Gasteiger partial charge in [-0.25, -0.2) is 0 Å². The van der Waals surface area contributed by atoms with Crippen molar-refractivity contribution in [3.05, 3.63) is 35.7 Å². The van der Waals surface area contributed by atoms with Crippen LogP contribution in [-0.2, 0) is 6.42 Å². The lowest BCUT2D eigenvalue weighted by atomic mass is 10.0. The number of hydrogen-bond donors (Lipinski definition) is 1. The normalized spacial score (nSPS) is 11.5. The largest absolute Gasteiger partial charge is 0.359 e. The Morgan fingerprint density at radius 3 is 1.75 bits per heavy atom. The van der Waals surface area contributed by atoms with E-state index in [0.717, 1.165) is 18.4 Å². The highest BCUT2D eigenvalue weighted by Gasteiger charge is 2.01. The Labute approximate surface area is 174 Å². The molecule has 0 aliphatic rings. The van der Waals surface area contributed by atoms with Gasteiger partial charge in [-0.1, -0.05) is 96.1 Å². The highest BCUT2D eigenvalue weighted by atomic mass is 16.1. The Hall–Kier alpha value is -1.31. The topological polar surface area (TPSA) is 32.9 Å². The smallest absolute Gasteiger partial charge is 0.166 e. The molecule has 0 aromatic carbocycles. The molecule has 0 saturated carbocycles. The molecule has 0 fully saturated rings. The number of unbranched alkanes of at least 4 members (excludes halogenated alkanes) is 15. The SMILES string of the molecule is CCCCCCCCC=CCCCCCCCCCCCc1cc[nH]c1C=O. The first-order valence-corrected chi connectivity index (χ1v) is 12.1. The number of aryl methyl sites for hydroxylation is 1. The third-order valence-electron chi connectivity index (χ3n) is 5.70. The summed E-state index contributed by atoms with van der Waals surface area (Å²) in [6.07, 6.45) is 31.7. The number of rotatable bonds is 20. The van der Waals surface area contributed by atoms with Gasteiger partial charge in [0, 0.05) is 6.20 Å². The van der Waals surface area contributed by atoms with E-state index in [2.05, 4.69) is 24.1 Å². The van der Waals surface area contributed by atoms with Crippen molar-refractivity contribution < 1.29 is 4.79 Å². The van der Waals surface area contributed by atoms with Crippen molar-refractivity contribution in [3.8, 4) is 0 Å². The summed E-state index contributed by atoms with van der Waals surface area (Å²) in [6.45, 7) is 2.28. The number of carbonyl (C=O) groups excluding carboxylic acids is 1. The maximum atomic E-state index is 10.9. The van der Waals surface area contributed by atoms with Crippen LogP contribution in [0.2, 0.25) is 0 Å². The molecule has 0 amide bonds. The fourth-order valence-electron chi connectivity index (χ4n) is 3.84. The summed E-state index contributed by atoms with van der Waals surface area (Å²) in [5, 5.41) is 0. The third-order valence-corrected chi connectivity index (χ3v) is 5.70. The number of allylic oxidation sites excluding steroid dienone is 2. The molecule has 0 spiro atoms. The summed E-state index contributed by atoms with van der Waals surface area (Å²) < 4.78 is 0. The standard InChI is InChI=1S/C26H45NO/c1-2-3-4-5-6-7-8-9-10-11-12-13-14-15-16-17-18-19-20-21-25-22-23-27-26(25)24-28/h9-10,22-24,27H,2-8,11-21H2,1H3. The summed E-state index contributed by atoms with van der Waals surface area (Å²) in [7, 11) is 0. The highest BCUT2D eigenvalue weighted by Crippen LogP contribution is 2.14. The highest BCUT2D eigenvalue weighted by molar-refractivity contribution is 5.74. The molecule has 1 rings (SSSR count). The van der Waals surface area contributed by atoms with Gasteiger partial charge in [-0.2, -0.15) is 0 Å². The van der Waals surface area contributed by atoms with Crippen LogP contribution in [0.25, 0.3) is 0 Å². The molecular weight excluding hydrogens is 342 g/mol. The second kappa shape index (κ2) is 19.0. The first-order valence-electron chi connectivity index (χ1n) is 12.1. The minimum atomic E-state index is 0.761. The molecule has 2 nitrogen and oxygen atoms in total. The monoisotopic (exact) mass is 387 g/mol. The van der Waals surface area contributed by atoms with Gasteiger partial charge in [0.25, 0.3) is 0 Å². The maximum Gasteiger partial charge on any atom is 0.166 e. The number of carbonyl (C=O) groups is 1. The van der Waals surface area contributed by atoms with Crippen molar-refractivity contribution >= 4 is 6.29 Å². The summed E-state index contributed by atoms with van der Waals surface area (Å²) in [5.74, 6) is 0. The Morgan fingerprint density at radius 1 is 0.714 bits per heavy atom. The average molecular weight is 388 g/mol. The molecule has 0 bridgehead atoms. The Bertz CT molecular complexity index is 488. The second-order valence-corrected chi connectivity index (χ2v) is 8.28. The zero-order valence-electron chi connectivity index (χ0n) is 18.5. The Kier molecular flexibility index (Phi) is 16.8. The predicted octanol–water partition coefficient (Wildman–Crippen LogP) is 8.58. The molecule has 1 aromatic heterocycles. The van der Waals surface area contributed by atoms with Gasteiger partial charge in [0.2, 0.25) is 0 Å². The van der Waals surface area contributed by atoms with E-state index in [1.165, 1.54) is 115 Å². The molecule has 1 aromatic rings. The molecule has 0 aliphatic carbocycles. The van der Waals surface area contributed by atoms with Crippen molar-refractivity contribution in [2.24, 2.45) is 0 Å². The number of hydrogen-bond acceptors (Lipinski definition) is 1. The van der Waals surface area contributed by atoms with Crippen molar-refractivity contribution in [2.45, 2.75) is 122 Å². The van der Waals surface area contributed by atoms with Crippen molar-refractivity contribution in [2.75, 3.05) is 0 Å². The van der Waals surface area contributed by atoms with Crippen LogP contribution in [0, 0.1) is 0 Å². The van der Waals surface area contributed by atoms with Crippen molar-refractivity contribution in [1.82, 2.24) is 4.98 Å². The van der Waals surface area contributed by atoms with E-state index >= 15 is 0 Å². The summed E-state index contributed by atoms with van der Waals surface area (Å²) >= 11 is 0. The van der Waals surface area contributed by atoms with E-state index in [4.69, 9.17) is 0 Å². The van der Waals surface area contributed by atoms with Crippen LogP contribution in [0.1, 0.15) is 132 Å². The van der Waals surface area contributed by atoms with Crippen LogP contribution in [-0.4, -0.2) is 11.3 Å². The number of aromatic amines is 1. The summed E-state index contributed by atoms with van der Waals surface area (Å²) in [4.78, 5) is 13.8. The molecule has 0 atom stereocenters. The van der Waals surface area contributed by atoms with Crippen molar-refractivity contribution in [3.63, 3.8) is 0 Å². The molecule has 0 radical (unpaired) electrons. The first-order chi connectivity index (χ1) is 13.9. The van der Waals surface area contributed by atoms with E-state index in [9.17, 15) is 4.79 Å². The molecule has 1 N–H and O–H groups in total. The van der Waals surface area contributed by atoms with Crippen LogP contribution in [0.4, 0.5) is 0 Å². The van der Waals surface area contributed by atoms with Crippen LogP contribution in [0.15, 0.2) is 24.4 Å². The molecule has 0 unspecified atom stereocenters. The fraction of sp³-hybridized carbons (Fsp3) is 0.731. The van der Waals surface area contributed by atoms with Gasteiger partial charge in [0.15, 0.2) is 6.29 Å². The molecule has 0 saturated heterocycles. The second-order valence-electron chi connectivity index (χ2n) is 8.28. The third kappa shape index (κ3) is 13.8. The number of H-pyrrole nitrogens is 1. The predicted molar refractivity (Wildman–Crippen MR) is 123 cm³/mol. The molecule has 160 valence electrons. The van der Waals surface area contributed by atoms with Gasteiger partial charge in [-0.15, -0.1) is 0 Å². The minimum Gasteiger partial charge on any atom is -0.359 e. The quantitative estimate of drug-likeness (QED) is 0.136. The van der Waals surface area contributed by atoms with Crippen LogP contribution < -0.4 is 0 Å². The van der Waals surface area contributed by atoms with Gasteiger partial charge in [0.05, 0.1) is 5.69 Å². The molecule has 1 heterocycles. The number of aldehydes is 1. The Balaban J connectivity index is 1.76. The lowest BCUT2D eigenvalue weighted by Crippen LogP contribution is -1.90. The number of aromatic nitrogens is 1. The van der Waals surface area contributed by atoms with Gasteiger partial charge in [-0.3, -0.25) is 4.79 Å². The molecule has 0 aliphatic heterocycles. The van der Waals surface area contributed by atoms with Crippen LogP contribution in [0.3, 0.4) is 0 Å². The Morgan fingerprint density at radius 2 is 1.21 bits per heavy atom. The molecular formula is C26H45NO. The lowest BCUT2D eigenvalue weighted by Gasteiger charge is -2.02. The summed E-state index contributed by atoms with van der Waals surface area (Å²) in [6, 6.07) is 2.04. The van der Waals surface area contributed by atoms with E-state index in [-0.39, 0.29) is 0 Å². The first kappa shape index (κ1) is 24.7. The van der Waals surface area contributed by atoms with Gasteiger partial charge in [0.1, 0.15) is 0 Å². The van der Waals surface area contributed by atoms with E-state index in [1.54, 1.807) is 0 Å². The van der Waals surface area contributed by atoms with E-state index < -0.39 is 0 Å². The number of nitrogens with one attached hydrogen (secondary N) is 1. The zero-order chi connectivity index (χ0) is 20.1. The maximum absolute atomic E-state index is 10.9. The fourth-order valence-corrected chi connectivity index (χ4v) is 3.84.